The number of likely N-dealkylation sites (N-methyl/N-ethyl adjacent to an activating group) is 1. The highest BCUT2D eigenvalue weighted by molar-refractivity contribution is 14.0. The van der Waals surface area contributed by atoms with Crippen LogP contribution >= 0.6 is 24.0 Å². The molecule has 5 rings (SSSR count). The van der Waals surface area contributed by atoms with Crippen molar-refractivity contribution in [3.8, 4) is 11.3 Å². The Kier molecular flexibility index (Phi) is 15.7. The molecule has 0 radical (unpaired) electrons. The summed E-state index contributed by atoms with van der Waals surface area (Å²) in [6.07, 6.45) is 5.04. The molecule has 4 N–H and O–H groups in total. The van der Waals surface area contributed by atoms with Crippen LogP contribution in [0, 0.1) is 6.92 Å². The zero-order valence-electron chi connectivity index (χ0n) is 29.3. The molecule has 0 bridgehead atoms. The number of pyridine rings is 1. The van der Waals surface area contributed by atoms with E-state index in [0.717, 1.165) is 49.5 Å². The smallest absolute Gasteiger partial charge is 0.431 e. The Labute approximate surface area is 316 Å². The monoisotopic (exact) mass is 835 g/mol. The van der Waals surface area contributed by atoms with Crippen LogP contribution in [0.1, 0.15) is 35.3 Å². The van der Waals surface area contributed by atoms with E-state index in [4.69, 9.17) is 14.0 Å². The molecule has 0 aliphatic carbocycles. The molecule has 2 aromatic heterocycles. The average molecular weight is 836 g/mol. The number of aryl methyl sites for hydroxylation is 1. The summed E-state index contributed by atoms with van der Waals surface area (Å²) in [6.45, 7) is 10.9. The molecule has 51 heavy (non-hydrogen) atoms. The van der Waals surface area contributed by atoms with E-state index < -0.39 is 16.3 Å². The first-order valence-electron chi connectivity index (χ1n) is 16.1. The van der Waals surface area contributed by atoms with Gasteiger partial charge in [0.1, 0.15) is 0 Å². The molecule has 1 amide bonds. The van der Waals surface area contributed by atoms with Crippen LogP contribution in [0.15, 0.2) is 79.3 Å². The molecule has 274 valence electrons. The minimum absolute atomic E-state index is 0. The number of benzene rings is 2. The maximum Gasteiger partial charge on any atom is 0.513 e. The largest absolute Gasteiger partial charge is 0.513 e. The first-order chi connectivity index (χ1) is 23.7. The fraction of sp³-hybridized carbons (Fsp3) is 0.343. The molecule has 1 saturated heterocycles. The van der Waals surface area contributed by atoms with Crippen LogP contribution in [0.3, 0.4) is 0 Å². The quantitative estimate of drug-likeness (QED) is 0.0796. The summed E-state index contributed by atoms with van der Waals surface area (Å²) in [5.74, 6) is 0.236. The van der Waals surface area contributed by atoms with Crippen molar-refractivity contribution in [1.82, 2.24) is 14.9 Å². The first kappa shape index (κ1) is 41.2. The van der Waals surface area contributed by atoms with E-state index in [0.29, 0.717) is 29.1 Å². The molecule has 16 heteroatoms. The summed E-state index contributed by atoms with van der Waals surface area (Å²) in [5.41, 5.74) is 5.72. The van der Waals surface area contributed by atoms with Gasteiger partial charge < -0.3 is 25.0 Å². The second kappa shape index (κ2) is 19.4. The minimum Gasteiger partial charge on any atom is -0.431 e. The van der Waals surface area contributed by atoms with Gasteiger partial charge >= 0.3 is 6.16 Å². The van der Waals surface area contributed by atoms with Gasteiger partial charge in [0.25, 0.3) is 22.8 Å². The fourth-order valence-corrected chi connectivity index (χ4v) is 4.96. The van der Waals surface area contributed by atoms with Crippen molar-refractivity contribution in [2.45, 2.75) is 40.2 Å². The Morgan fingerprint density at radius 3 is 2.43 bits per heavy atom. The van der Waals surface area contributed by atoms with E-state index in [9.17, 15) is 18.0 Å². The average Bonchev–Trinajstić information content (AvgIpc) is 3.06. The third kappa shape index (κ3) is 14.5. The van der Waals surface area contributed by atoms with Crippen molar-refractivity contribution in [3.63, 3.8) is 0 Å². The van der Waals surface area contributed by atoms with E-state index in [1.165, 1.54) is 5.56 Å². The Morgan fingerprint density at radius 2 is 1.76 bits per heavy atom. The van der Waals surface area contributed by atoms with Crippen LogP contribution in [-0.2, 0) is 32.9 Å². The molecule has 4 aromatic rings. The maximum atomic E-state index is 13.1. The van der Waals surface area contributed by atoms with Crippen molar-refractivity contribution in [3.05, 3.63) is 95.9 Å². The number of nitrogens with zero attached hydrogens (tertiary/aromatic N) is 4. The molecule has 3 heterocycles. The molecular weight excluding hydrogens is 789 g/mol. The SMILES string of the molecule is CS(=O)(=O)O.Cc1ccc(NC(=O)c2ccc(CN3CC[NH+](C)CC3)cc2)cc1Nc1nccc(-c2ccc[n+](COC(=O)OC(C)C)c2)n1.I. The summed E-state index contributed by atoms with van der Waals surface area (Å²) >= 11 is 0. The van der Waals surface area contributed by atoms with Crippen LogP contribution in [0.5, 0.6) is 0 Å². The minimum atomic E-state index is -3.67. The summed E-state index contributed by atoms with van der Waals surface area (Å²) in [6, 6.07) is 19.1. The van der Waals surface area contributed by atoms with E-state index in [2.05, 4.69) is 32.5 Å². The van der Waals surface area contributed by atoms with E-state index >= 15 is 0 Å². The number of ether oxygens (including phenoxy) is 2. The lowest BCUT2D eigenvalue weighted by atomic mass is 10.1. The number of anilines is 3. The van der Waals surface area contributed by atoms with E-state index in [-0.39, 0.29) is 42.7 Å². The van der Waals surface area contributed by atoms with Crippen LogP contribution < -0.4 is 20.1 Å². The molecule has 1 aliphatic rings. The maximum absolute atomic E-state index is 13.1. The highest BCUT2D eigenvalue weighted by Crippen LogP contribution is 2.25. The number of aromatic nitrogens is 3. The molecule has 1 aliphatic heterocycles. The number of quaternary nitrogens is 1. The Bertz CT molecular complexity index is 1860. The van der Waals surface area contributed by atoms with Gasteiger partial charge in [-0.15, -0.1) is 24.0 Å². The second-order valence-electron chi connectivity index (χ2n) is 12.3. The van der Waals surface area contributed by atoms with Crippen LogP contribution in [0.2, 0.25) is 0 Å². The van der Waals surface area contributed by atoms with Crippen molar-refractivity contribution >= 4 is 63.5 Å². The number of hydrogen-bond donors (Lipinski definition) is 4. The van der Waals surface area contributed by atoms with E-state index in [1.807, 2.05) is 67.7 Å². The number of nitrogens with one attached hydrogen (secondary N) is 3. The third-order valence-corrected chi connectivity index (χ3v) is 7.55. The fourth-order valence-electron chi connectivity index (χ4n) is 4.96. The van der Waals surface area contributed by atoms with Crippen molar-refractivity contribution in [1.29, 1.82) is 0 Å². The van der Waals surface area contributed by atoms with Gasteiger partial charge in [0.05, 0.1) is 43.8 Å². The highest BCUT2D eigenvalue weighted by Gasteiger charge is 2.17. The lowest BCUT2D eigenvalue weighted by Crippen LogP contribution is -3.11. The molecule has 0 unspecified atom stereocenters. The lowest BCUT2D eigenvalue weighted by molar-refractivity contribution is -0.884. The number of piperazine rings is 1. The number of carbonyl (C=O) groups excluding carboxylic acids is 2. The van der Waals surface area contributed by atoms with Crippen LogP contribution in [0.4, 0.5) is 22.1 Å². The zero-order chi connectivity index (χ0) is 36.3. The van der Waals surface area contributed by atoms with Gasteiger partial charge in [0.2, 0.25) is 5.95 Å². The summed E-state index contributed by atoms with van der Waals surface area (Å²) in [4.78, 5) is 37.9. The van der Waals surface area contributed by atoms with Gasteiger partial charge in [-0.25, -0.2) is 14.8 Å². The van der Waals surface area contributed by atoms with Gasteiger partial charge in [-0.3, -0.25) is 14.2 Å². The number of rotatable bonds is 10. The molecule has 0 saturated carbocycles. The van der Waals surface area contributed by atoms with Crippen molar-refractivity contribution < 1.29 is 41.5 Å². The molecule has 14 nitrogen and oxygen atoms in total. The second-order valence-corrected chi connectivity index (χ2v) is 13.8. The Balaban J connectivity index is 0.00000109. The molecule has 0 atom stereocenters. The molecule has 0 spiro atoms. The predicted molar refractivity (Wildman–Crippen MR) is 204 cm³/mol. The topological polar surface area (TPSA) is 168 Å². The van der Waals surface area contributed by atoms with Crippen molar-refractivity contribution in [2.24, 2.45) is 0 Å². The molecule has 1 fully saturated rings. The summed E-state index contributed by atoms with van der Waals surface area (Å²) in [7, 11) is -1.43. The van der Waals surface area contributed by atoms with Gasteiger partial charge in [-0.2, -0.15) is 13.0 Å². The number of amides is 1. The summed E-state index contributed by atoms with van der Waals surface area (Å²) in [5, 5.41) is 6.30. The molecule has 2 aromatic carbocycles. The van der Waals surface area contributed by atoms with E-state index in [1.54, 1.807) is 41.8 Å². The lowest BCUT2D eigenvalue weighted by Gasteiger charge is -2.29. The number of halogens is 1. The normalized spacial score (nSPS) is 13.3. The zero-order valence-corrected chi connectivity index (χ0v) is 32.5. The third-order valence-electron chi connectivity index (χ3n) is 7.55. The van der Waals surface area contributed by atoms with Gasteiger partial charge in [0, 0.05) is 48.8 Å². The Hall–Kier alpha value is -4.23. The van der Waals surface area contributed by atoms with Crippen molar-refractivity contribution in [2.75, 3.05) is 50.1 Å². The predicted octanol–water partition coefficient (Wildman–Crippen LogP) is 3.71. The first-order valence-corrected chi connectivity index (χ1v) is 18.0. The Morgan fingerprint density at radius 1 is 1.08 bits per heavy atom. The van der Waals surface area contributed by atoms with Crippen LogP contribution in [-0.4, -0.2) is 85.5 Å². The number of hydrogen-bond acceptors (Lipinski definition) is 10. The highest BCUT2D eigenvalue weighted by atomic mass is 127. The molecular formula is C35H46IN7O7S+2. The summed E-state index contributed by atoms with van der Waals surface area (Å²) < 4.78 is 37.8. The van der Waals surface area contributed by atoms with Gasteiger partial charge in [-0.1, -0.05) is 18.2 Å². The van der Waals surface area contributed by atoms with Gasteiger partial charge in [0.15, 0.2) is 12.4 Å². The standard InChI is InChI=1S/C34H39N7O4.CH4O3S.HI/c1-24(2)45-34(43)44-23-41-15-5-6-28(22-41)30-13-14-35-33(37-30)38-31-20-29(12-7-25(31)3)36-32(42)27-10-8-26(9-11-27)21-40-18-16-39(4)17-19-40;1-5(2,3)4;/h5-15,20,22,24H,16-19,21,23H2,1-4H3,(H-,35,36,37,38,42);1H3,(H,2,3,4);1H/p+2. The number of carbonyl (C=O) groups is 2. The van der Waals surface area contributed by atoms with Gasteiger partial charge in [-0.05, 0) is 68.3 Å². The van der Waals surface area contributed by atoms with Crippen LogP contribution in [0.25, 0.3) is 11.3 Å².